The van der Waals surface area contributed by atoms with Crippen LogP contribution >= 0.6 is 0 Å². The molecular weight excluding hydrogens is 316 g/mol. The van der Waals surface area contributed by atoms with Gasteiger partial charge in [-0.3, -0.25) is 9.59 Å². The molecule has 6 heteroatoms. The first-order valence-corrected chi connectivity index (χ1v) is 8.74. The molecular formula is C19H24N4O2. The van der Waals surface area contributed by atoms with Gasteiger partial charge in [-0.1, -0.05) is 37.6 Å². The van der Waals surface area contributed by atoms with Gasteiger partial charge < -0.3 is 9.80 Å². The molecule has 6 nitrogen and oxygen atoms in total. The zero-order valence-corrected chi connectivity index (χ0v) is 14.8. The summed E-state index contributed by atoms with van der Waals surface area (Å²) in [5.41, 5.74) is 3.72. The van der Waals surface area contributed by atoms with Crippen LogP contribution in [-0.2, 0) is 17.8 Å². The maximum absolute atomic E-state index is 12.6. The minimum atomic E-state index is -0.158. The van der Waals surface area contributed by atoms with Crippen LogP contribution in [0, 0.1) is 6.92 Å². The lowest BCUT2D eigenvalue weighted by Crippen LogP contribution is -2.50. The van der Waals surface area contributed by atoms with Gasteiger partial charge in [-0.05, 0) is 24.5 Å². The van der Waals surface area contributed by atoms with Crippen molar-refractivity contribution in [1.82, 2.24) is 15.1 Å². The van der Waals surface area contributed by atoms with Gasteiger partial charge in [0.05, 0.1) is 18.4 Å². The number of anilines is 1. The van der Waals surface area contributed by atoms with E-state index in [-0.39, 0.29) is 18.0 Å². The van der Waals surface area contributed by atoms with Crippen molar-refractivity contribution in [3.63, 3.8) is 0 Å². The van der Waals surface area contributed by atoms with Crippen LogP contribution < -0.4 is 10.5 Å². The molecule has 1 aliphatic heterocycles. The Morgan fingerprint density at radius 1 is 1.20 bits per heavy atom. The predicted molar refractivity (Wildman–Crippen MR) is 97.7 cm³/mol. The number of amides is 1. The van der Waals surface area contributed by atoms with Gasteiger partial charge in [0.2, 0.25) is 5.91 Å². The first-order valence-electron chi connectivity index (χ1n) is 8.74. The molecule has 1 N–H and O–H groups in total. The second-order valence-electron chi connectivity index (χ2n) is 6.48. The van der Waals surface area contributed by atoms with Crippen LogP contribution in [0.25, 0.3) is 0 Å². The van der Waals surface area contributed by atoms with E-state index >= 15 is 0 Å². The molecule has 0 spiro atoms. The van der Waals surface area contributed by atoms with Crippen LogP contribution in [0.15, 0.2) is 35.3 Å². The molecule has 0 saturated carbocycles. The number of aromatic amines is 1. The number of piperazine rings is 1. The molecule has 1 amide bonds. The number of rotatable bonds is 5. The van der Waals surface area contributed by atoms with E-state index in [1.54, 1.807) is 6.20 Å². The van der Waals surface area contributed by atoms with Gasteiger partial charge in [-0.2, -0.15) is 5.10 Å². The molecule has 1 aliphatic rings. The highest BCUT2D eigenvalue weighted by Crippen LogP contribution is 2.21. The predicted octanol–water partition coefficient (Wildman–Crippen LogP) is 1.88. The zero-order valence-electron chi connectivity index (χ0n) is 14.8. The van der Waals surface area contributed by atoms with Gasteiger partial charge in [0.25, 0.3) is 5.56 Å². The molecule has 1 aromatic carbocycles. The van der Waals surface area contributed by atoms with E-state index in [2.05, 4.69) is 29.3 Å². The number of hydrogen-bond donors (Lipinski definition) is 1. The Morgan fingerprint density at radius 3 is 2.72 bits per heavy atom. The number of H-pyrrole nitrogens is 1. The van der Waals surface area contributed by atoms with Gasteiger partial charge >= 0.3 is 0 Å². The molecule has 2 aromatic rings. The normalized spacial score (nSPS) is 14.9. The molecule has 3 rings (SSSR count). The van der Waals surface area contributed by atoms with Crippen LogP contribution in [0.1, 0.15) is 30.0 Å². The molecule has 0 aliphatic carbocycles. The number of nitrogens with one attached hydrogen (secondary N) is 1. The summed E-state index contributed by atoms with van der Waals surface area (Å²) in [4.78, 5) is 28.5. The maximum atomic E-state index is 12.6. The fraction of sp³-hybridized carbons (Fsp3) is 0.421. The first kappa shape index (κ1) is 17.2. The van der Waals surface area contributed by atoms with Crippen LogP contribution in [0.2, 0.25) is 0 Å². The average molecular weight is 340 g/mol. The molecule has 132 valence electrons. The lowest BCUT2D eigenvalue weighted by molar-refractivity contribution is -0.131. The van der Waals surface area contributed by atoms with Crippen molar-refractivity contribution in [1.29, 1.82) is 0 Å². The zero-order chi connectivity index (χ0) is 17.8. The van der Waals surface area contributed by atoms with E-state index < -0.39 is 0 Å². The molecule has 25 heavy (non-hydrogen) atoms. The molecule has 1 saturated heterocycles. The third kappa shape index (κ3) is 3.73. The Kier molecular flexibility index (Phi) is 5.16. The van der Waals surface area contributed by atoms with Gasteiger partial charge in [0.15, 0.2) is 0 Å². The minimum Gasteiger partial charge on any atom is -0.359 e. The smallest absolute Gasteiger partial charge is 0.269 e. The van der Waals surface area contributed by atoms with Crippen molar-refractivity contribution in [2.45, 2.75) is 33.2 Å². The maximum Gasteiger partial charge on any atom is 0.269 e. The van der Waals surface area contributed by atoms with Crippen LogP contribution in [0.5, 0.6) is 0 Å². The number of aromatic nitrogens is 2. The standard InChI is InChI=1S/C19H24N4O2/c1-3-6-16-17(11-20-21-19(16)25)22-9-10-23(18(24)13-22)12-15-8-5-4-7-14(15)2/h4-5,7-8,11H,3,6,9-10,12-13H2,1-2H3,(H,21,25). The molecule has 0 radical (unpaired) electrons. The Bertz CT molecular complexity index is 815. The van der Waals surface area contributed by atoms with Crippen molar-refractivity contribution in [2.75, 3.05) is 24.5 Å². The Balaban J connectivity index is 1.74. The lowest BCUT2D eigenvalue weighted by Gasteiger charge is -2.36. The molecule has 1 fully saturated rings. The number of aryl methyl sites for hydroxylation is 1. The summed E-state index contributed by atoms with van der Waals surface area (Å²) < 4.78 is 0. The molecule has 1 aromatic heterocycles. The highest BCUT2D eigenvalue weighted by atomic mass is 16.2. The summed E-state index contributed by atoms with van der Waals surface area (Å²) >= 11 is 0. The lowest BCUT2D eigenvalue weighted by atomic mass is 10.1. The highest BCUT2D eigenvalue weighted by Gasteiger charge is 2.26. The summed E-state index contributed by atoms with van der Waals surface area (Å²) in [6.07, 6.45) is 3.22. The minimum absolute atomic E-state index is 0.0808. The van der Waals surface area contributed by atoms with Crippen molar-refractivity contribution in [3.8, 4) is 0 Å². The number of nitrogens with zero attached hydrogens (tertiary/aromatic N) is 3. The largest absolute Gasteiger partial charge is 0.359 e. The monoisotopic (exact) mass is 340 g/mol. The van der Waals surface area contributed by atoms with Gasteiger partial charge in [0.1, 0.15) is 0 Å². The summed E-state index contributed by atoms with van der Waals surface area (Å²) in [5, 5.41) is 6.42. The molecule has 0 unspecified atom stereocenters. The Hall–Kier alpha value is -2.63. The third-order valence-corrected chi connectivity index (χ3v) is 4.72. The summed E-state index contributed by atoms with van der Waals surface area (Å²) in [7, 11) is 0. The fourth-order valence-corrected chi connectivity index (χ4v) is 3.25. The van der Waals surface area contributed by atoms with Crippen LogP contribution in [0.3, 0.4) is 0 Å². The summed E-state index contributed by atoms with van der Waals surface area (Å²) in [5.74, 6) is 0.0808. The second kappa shape index (κ2) is 7.51. The van der Waals surface area contributed by atoms with Gasteiger partial charge in [-0.25, -0.2) is 5.10 Å². The van der Waals surface area contributed by atoms with E-state index in [1.165, 1.54) is 11.1 Å². The van der Waals surface area contributed by atoms with E-state index in [9.17, 15) is 9.59 Å². The number of carbonyl (C=O) groups is 1. The van der Waals surface area contributed by atoms with Gasteiger partial charge in [-0.15, -0.1) is 0 Å². The van der Waals surface area contributed by atoms with Crippen molar-refractivity contribution in [2.24, 2.45) is 0 Å². The van der Waals surface area contributed by atoms with Crippen molar-refractivity contribution in [3.05, 3.63) is 57.5 Å². The first-order chi connectivity index (χ1) is 12.1. The topological polar surface area (TPSA) is 69.3 Å². The molecule has 2 heterocycles. The Morgan fingerprint density at radius 2 is 2.00 bits per heavy atom. The van der Waals surface area contributed by atoms with Crippen LogP contribution in [0.4, 0.5) is 5.69 Å². The quantitative estimate of drug-likeness (QED) is 0.902. The fourth-order valence-electron chi connectivity index (χ4n) is 3.25. The number of hydrogen-bond acceptors (Lipinski definition) is 4. The van der Waals surface area contributed by atoms with Crippen LogP contribution in [-0.4, -0.2) is 40.6 Å². The second-order valence-corrected chi connectivity index (χ2v) is 6.48. The summed E-state index contributed by atoms with van der Waals surface area (Å²) in [6, 6.07) is 8.14. The number of benzene rings is 1. The van der Waals surface area contributed by atoms with E-state index in [0.717, 1.165) is 17.7 Å². The molecule has 0 atom stereocenters. The van der Waals surface area contributed by atoms with Crippen molar-refractivity contribution < 1.29 is 4.79 Å². The van der Waals surface area contributed by atoms with Gasteiger partial charge in [0, 0.05) is 25.2 Å². The van der Waals surface area contributed by atoms with Crippen molar-refractivity contribution >= 4 is 11.6 Å². The summed E-state index contributed by atoms with van der Waals surface area (Å²) in [6.45, 7) is 6.37. The molecule has 0 bridgehead atoms. The van der Waals surface area contributed by atoms with E-state index in [4.69, 9.17) is 0 Å². The van der Waals surface area contributed by atoms with E-state index in [1.807, 2.05) is 28.9 Å². The number of carbonyl (C=O) groups excluding carboxylic acids is 1. The van der Waals surface area contributed by atoms with E-state index in [0.29, 0.717) is 26.1 Å². The third-order valence-electron chi connectivity index (χ3n) is 4.72. The average Bonchev–Trinajstić information content (AvgIpc) is 2.60. The highest BCUT2D eigenvalue weighted by molar-refractivity contribution is 5.83. The Labute approximate surface area is 147 Å². The SMILES string of the molecule is CCCc1c(N2CCN(Cc3ccccc3C)C(=O)C2)cn[nH]c1=O.